The van der Waals surface area contributed by atoms with Gasteiger partial charge >= 0.3 is 5.97 Å². The zero-order valence-electron chi connectivity index (χ0n) is 16.2. The summed E-state index contributed by atoms with van der Waals surface area (Å²) < 4.78 is 10.6. The number of methoxy groups -OCH3 is 1. The van der Waals surface area contributed by atoms with Crippen LogP contribution in [-0.2, 0) is 4.74 Å². The van der Waals surface area contributed by atoms with E-state index in [1.54, 1.807) is 55.6 Å². The van der Waals surface area contributed by atoms with Crippen LogP contribution in [0.1, 0.15) is 52.8 Å². The molecule has 0 spiro atoms. The second-order valence-corrected chi connectivity index (χ2v) is 7.09. The van der Waals surface area contributed by atoms with E-state index in [1.807, 2.05) is 12.1 Å². The summed E-state index contributed by atoms with van der Waals surface area (Å²) >= 11 is 0. The Hall–Kier alpha value is -2.88. The molecule has 146 valence electrons. The Balaban J connectivity index is 1.76. The molecule has 0 N–H and O–H groups in total. The number of benzene rings is 2. The van der Waals surface area contributed by atoms with E-state index in [2.05, 4.69) is 0 Å². The lowest BCUT2D eigenvalue weighted by Crippen LogP contribution is -2.16. The van der Waals surface area contributed by atoms with Gasteiger partial charge in [-0.3, -0.25) is 4.79 Å². The van der Waals surface area contributed by atoms with Crippen molar-refractivity contribution in [3.05, 3.63) is 77.4 Å². The van der Waals surface area contributed by atoms with Gasteiger partial charge in [0.05, 0.1) is 12.7 Å². The number of esters is 1. The van der Waals surface area contributed by atoms with Crippen LogP contribution < -0.4 is 4.74 Å². The number of ketones is 1. The molecular formula is C24H26O4. The molecular weight excluding hydrogens is 352 g/mol. The quantitative estimate of drug-likeness (QED) is 0.375. The molecule has 4 nitrogen and oxygen atoms in total. The molecule has 2 aromatic rings. The van der Waals surface area contributed by atoms with E-state index in [-0.39, 0.29) is 12.4 Å². The number of hydrogen-bond donors (Lipinski definition) is 0. The first kappa shape index (κ1) is 19.9. The third-order valence-electron chi connectivity index (χ3n) is 5.10. The van der Waals surface area contributed by atoms with E-state index in [4.69, 9.17) is 9.47 Å². The van der Waals surface area contributed by atoms with Crippen LogP contribution in [0.15, 0.2) is 66.2 Å². The Kier molecular flexibility index (Phi) is 7.01. The van der Waals surface area contributed by atoms with Crippen LogP contribution in [0.3, 0.4) is 0 Å². The topological polar surface area (TPSA) is 52.6 Å². The van der Waals surface area contributed by atoms with Crippen molar-refractivity contribution in [2.75, 3.05) is 13.7 Å². The van der Waals surface area contributed by atoms with Gasteiger partial charge in [0.25, 0.3) is 0 Å². The van der Waals surface area contributed by atoms with Gasteiger partial charge in [-0.2, -0.15) is 0 Å². The Bertz CT molecular complexity index is 815. The summed E-state index contributed by atoms with van der Waals surface area (Å²) in [5.41, 5.74) is 1.59. The predicted molar refractivity (Wildman–Crippen MR) is 109 cm³/mol. The minimum atomic E-state index is -0.419. The van der Waals surface area contributed by atoms with Crippen molar-refractivity contribution >= 4 is 11.8 Å². The van der Waals surface area contributed by atoms with E-state index < -0.39 is 5.97 Å². The van der Waals surface area contributed by atoms with Crippen molar-refractivity contribution in [2.45, 2.75) is 32.1 Å². The molecule has 1 aliphatic carbocycles. The Morgan fingerprint density at radius 2 is 1.61 bits per heavy atom. The van der Waals surface area contributed by atoms with Gasteiger partial charge in [0.1, 0.15) is 12.4 Å². The third-order valence-corrected chi connectivity index (χ3v) is 5.10. The fourth-order valence-corrected chi connectivity index (χ4v) is 3.50. The Morgan fingerprint density at radius 1 is 0.929 bits per heavy atom. The second kappa shape index (κ2) is 9.88. The highest BCUT2D eigenvalue weighted by Crippen LogP contribution is 2.27. The SMILES string of the molecule is COc1ccc(C(=O)/C(=C/C2CCCCC2)COC(=O)c2ccccc2)cc1. The normalized spacial score (nSPS) is 15.1. The van der Waals surface area contributed by atoms with Crippen LogP contribution in [0.5, 0.6) is 5.75 Å². The third kappa shape index (κ3) is 5.32. The van der Waals surface area contributed by atoms with Crippen LogP contribution in [0.4, 0.5) is 0 Å². The van der Waals surface area contributed by atoms with Crippen LogP contribution >= 0.6 is 0 Å². The van der Waals surface area contributed by atoms with Gasteiger partial charge < -0.3 is 9.47 Å². The minimum absolute atomic E-state index is 0.0188. The van der Waals surface area contributed by atoms with Crippen molar-refractivity contribution in [1.82, 2.24) is 0 Å². The van der Waals surface area contributed by atoms with E-state index in [9.17, 15) is 9.59 Å². The van der Waals surface area contributed by atoms with Crippen molar-refractivity contribution in [3.8, 4) is 5.75 Å². The summed E-state index contributed by atoms with van der Waals surface area (Å²) in [5.74, 6) is 0.540. The lowest BCUT2D eigenvalue weighted by Gasteiger charge is -2.19. The standard InChI is InChI=1S/C24H26O4/c1-27-22-14-12-19(13-15-22)23(25)21(16-18-8-4-2-5-9-18)17-28-24(26)20-10-6-3-7-11-20/h3,6-7,10-16,18H,2,4-5,8-9,17H2,1H3/b21-16+. The van der Waals surface area contributed by atoms with Gasteiger partial charge in [-0.1, -0.05) is 43.5 Å². The molecule has 2 aromatic carbocycles. The average molecular weight is 378 g/mol. The van der Waals surface area contributed by atoms with Crippen molar-refractivity contribution < 1.29 is 19.1 Å². The molecule has 0 atom stereocenters. The second-order valence-electron chi connectivity index (χ2n) is 7.09. The van der Waals surface area contributed by atoms with Crippen molar-refractivity contribution in [1.29, 1.82) is 0 Å². The summed E-state index contributed by atoms with van der Waals surface area (Å²) in [6.07, 6.45) is 7.76. The van der Waals surface area contributed by atoms with Crippen LogP contribution in [-0.4, -0.2) is 25.5 Å². The van der Waals surface area contributed by atoms with Gasteiger partial charge in [-0.15, -0.1) is 0 Å². The molecule has 4 heteroatoms. The smallest absolute Gasteiger partial charge is 0.338 e. The maximum absolute atomic E-state index is 13.1. The summed E-state index contributed by atoms with van der Waals surface area (Å²) in [7, 11) is 1.59. The number of Topliss-reactive ketones (excluding diaryl/α,β-unsaturated/α-hetero) is 1. The monoisotopic (exact) mass is 378 g/mol. The van der Waals surface area contributed by atoms with Gasteiger partial charge in [-0.25, -0.2) is 4.79 Å². The largest absolute Gasteiger partial charge is 0.497 e. The first-order valence-corrected chi connectivity index (χ1v) is 9.79. The number of carbonyl (C=O) groups excluding carboxylic acids is 2. The summed E-state index contributed by atoms with van der Waals surface area (Å²) in [4.78, 5) is 25.4. The van der Waals surface area contributed by atoms with Gasteiger partial charge in [0.2, 0.25) is 0 Å². The molecule has 0 amide bonds. The zero-order chi connectivity index (χ0) is 19.8. The molecule has 0 aliphatic heterocycles. The zero-order valence-corrected chi connectivity index (χ0v) is 16.2. The van der Waals surface area contributed by atoms with Gasteiger partial charge in [-0.05, 0) is 55.2 Å². The molecule has 0 heterocycles. The summed E-state index contributed by atoms with van der Waals surface area (Å²) in [6.45, 7) is -0.0188. The van der Waals surface area contributed by atoms with Crippen LogP contribution in [0.2, 0.25) is 0 Å². The lowest BCUT2D eigenvalue weighted by atomic mass is 9.87. The fraction of sp³-hybridized carbons (Fsp3) is 0.333. The number of carbonyl (C=O) groups is 2. The van der Waals surface area contributed by atoms with E-state index in [0.717, 1.165) is 12.8 Å². The first-order chi connectivity index (χ1) is 13.7. The maximum atomic E-state index is 13.1. The predicted octanol–water partition coefficient (Wildman–Crippen LogP) is 5.24. The van der Waals surface area contributed by atoms with Crippen LogP contribution in [0, 0.1) is 5.92 Å². The molecule has 0 saturated heterocycles. The average Bonchev–Trinajstić information content (AvgIpc) is 2.77. The molecule has 1 aliphatic rings. The first-order valence-electron chi connectivity index (χ1n) is 9.79. The highest BCUT2D eigenvalue weighted by molar-refractivity contribution is 6.09. The molecule has 0 unspecified atom stereocenters. The maximum Gasteiger partial charge on any atom is 0.338 e. The number of hydrogen-bond acceptors (Lipinski definition) is 4. The highest BCUT2D eigenvalue weighted by Gasteiger charge is 2.19. The fourth-order valence-electron chi connectivity index (χ4n) is 3.50. The number of rotatable bonds is 7. The van der Waals surface area contributed by atoms with E-state index in [1.165, 1.54) is 19.3 Å². The molecule has 0 bridgehead atoms. The molecule has 1 saturated carbocycles. The minimum Gasteiger partial charge on any atom is -0.497 e. The Morgan fingerprint density at radius 3 is 2.25 bits per heavy atom. The van der Waals surface area contributed by atoms with Gasteiger partial charge in [0, 0.05) is 11.1 Å². The van der Waals surface area contributed by atoms with Crippen LogP contribution in [0.25, 0.3) is 0 Å². The Labute approximate surface area is 166 Å². The van der Waals surface area contributed by atoms with Gasteiger partial charge in [0.15, 0.2) is 5.78 Å². The number of ether oxygens (including phenoxy) is 2. The number of allylic oxidation sites excluding steroid dienone is 1. The summed E-state index contributed by atoms with van der Waals surface area (Å²) in [6, 6.07) is 15.9. The van der Waals surface area contributed by atoms with E-state index in [0.29, 0.717) is 28.4 Å². The lowest BCUT2D eigenvalue weighted by molar-refractivity contribution is 0.0536. The molecule has 1 fully saturated rings. The molecule has 3 rings (SSSR count). The highest BCUT2D eigenvalue weighted by atomic mass is 16.5. The molecule has 0 aromatic heterocycles. The van der Waals surface area contributed by atoms with Crippen molar-refractivity contribution in [2.24, 2.45) is 5.92 Å². The molecule has 0 radical (unpaired) electrons. The van der Waals surface area contributed by atoms with Crippen molar-refractivity contribution in [3.63, 3.8) is 0 Å². The summed E-state index contributed by atoms with van der Waals surface area (Å²) in [5, 5.41) is 0. The van der Waals surface area contributed by atoms with E-state index >= 15 is 0 Å². The molecule has 28 heavy (non-hydrogen) atoms.